The third-order valence-corrected chi connectivity index (χ3v) is 4.97. The first kappa shape index (κ1) is 19.0. The summed E-state index contributed by atoms with van der Waals surface area (Å²) in [4.78, 5) is 12.1. The highest BCUT2D eigenvalue weighted by atomic mass is 32.2. The van der Waals surface area contributed by atoms with Crippen molar-refractivity contribution in [3.8, 4) is 5.75 Å². The zero-order valence-electron chi connectivity index (χ0n) is 15.6. The summed E-state index contributed by atoms with van der Waals surface area (Å²) < 4.78 is 7.62. The second-order valence-electron chi connectivity index (χ2n) is 6.27. The van der Waals surface area contributed by atoms with E-state index in [0.29, 0.717) is 17.6 Å². The van der Waals surface area contributed by atoms with Crippen LogP contribution in [0.25, 0.3) is 0 Å². The Morgan fingerprint density at radius 2 is 1.89 bits per heavy atom. The summed E-state index contributed by atoms with van der Waals surface area (Å²) in [6.45, 7) is 4.35. The number of ether oxygens (including phenoxy) is 1. The van der Waals surface area contributed by atoms with Gasteiger partial charge in [-0.25, -0.2) is 0 Å². The summed E-state index contributed by atoms with van der Waals surface area (Å²) >= 11 is 1.34. The summed E-state index contributed by atoms with van der Waals surface area (Å²) in [7, 11) is 1.87. The molecule has 0 atom stereocenters. The lowest BCUT2D eigenvalue weighted by Gasteiger charge is -2.07. The van der Waals surface area contributed by atoms with Gasteiger partial charge in [-0.1, -0.05) is 41.6 Å². The summed E-state index contributed by atoms with van der Waals surface area (Å²) in [6, 6.07) is 15.6. The highest BCUT2D eigenvalue weighted by molar-refractivity contribution is 7.99. The third-order valence-electron chi connectivity index (χ3n) is 3.95. The monoisotopic (exact) mass is 382 g/mol. The molecule has 1 amide bonds. The Bertz CT molecular complexity index is 922. The number of thioether (sulfide) groups is 1. The first-order chi connectivity index (χ1) is 13.0. The first-order valence-electron chi connectivity index (χ1n) is 8.58. The van der Waals surface area contributed by atoms with E-state index < -0.39 is 0 Å². The molecule has 1 aromatic heterocycles. The molecule has 0 aliphatic heterocycles. The molecule has 6 nitrogen and oxygen atoms in total. The first-order valence-corrected chi connectivity index (χ1v) is 9.57. The van der Waals surface area contributed by atoms with Crippen molar-refractivity contribution in [1.82, 2.24) is 14.8 Å². The van der Waals surface area contributed by atoms with E-state index in [1.807, 2.05) is 74.0 Å². The molecule has 3 aromatic rings. The van der Waals surface area contributed by atoms with Gasteiger partial charge in [0.25, 0.3) is 0 Å². The number of aromatic nitrogens is 3. The summed E-state index contributed by atoms with van der Waals surface area (Å²) in [5.41, 5.74) is 3.08. The van der Waals surface area contributed by atoms with E-state index in [9.17, 15) is 4.79 Å². The molecule has 0 bridgehead atoms. The molecule has 0 spiro atoms. The zero-order valence-corrected chi connectivity index (χ0v) is 16.4. The lowest BCUT2D eigenvalue weighted by atomic mass is 10.2. The lowest BCUT2D eigenvalue weighted by molar-refractivity contribution is -0.113. The smallest absolute Gasteiger partial charge is 0.234 e. The second kappa shape index (κ2) is 8.73. The standard InChI is InChI=1S/C20H22N4O2S/c1-14-7-9-16(10-8-14)21-19(25)13-27-20-23-22-18(24(20)3)12-26-17-6-4-5-15(2)11-17/h4-11H,12-13H2,1-3H3,(H,21,25). The molecule has 140 valence electrons. The number of hydrogen-bond donors (Lipinski definition) is 1. The Morgan fingerprint density at radius 3 is 2.63 bits per heavy atom. The molecule has 7 heteroatoms. The molecule has 2 aromatic carbocycles. The van der Waals surface area contributed by atoms with Crippen LogP contribution >= 0.6 is 11.8 Å². The van der Waals surface area contributed by atoms with Crippen molar-refractivity contribution in [3.05, 3.63) is 65.5 Å². The maximum Gasteiger partial charge on any atom is 0.234 e. The lowest BCUT2D eigenvalue weighted by Crippen LogP contribution is -2.14. The van der Waals surface area contributed by atoms with Gasteiger partial charge in [-0.2, -0.15) is 0 Å². The molecule has 27 heavy (non-hydrogen) atoms. The third kappa shape index (κ3) is 5.34. The molecule has 0 saturated carbocycles. The summed E-state index contributed by atoms with van der Waals surface area (Å²) in [5, 5.41) is 11.9. The Balaban J connectivity index is 1.52. The quantitative estimate of drug-likeness (QED) is 0.631. The molecule has 0 aliphatic rings. The predicted octanol–water partition coefficient (Wildman–Crippen LogP) is 3.74. The molecule has 1 N–H and O–H groups in total. The van der Waals surface area contributed by atoms with Crippen molar-refractivity contribution in [2.24, 2.45) is 7.05 Å². The molecule has 0 aliphatic carbocycles. The van der Waals surface area contributed by atoms with E-state index in [0.717, 1.165) is 22.6 Å². The van der Waals surface area contributed by atoms with Gasteiger partial charge in [0.05, 0.1) is 5.75 Å². The molecular formula is C20H22N4O2S. The molecule has 0 fully saturated rings. The topological polar surface area (TPSA) is 69.0 Å². The molecule has 3 rings (SSSR count). The fraction of sp³-hybridized carbons (Fsp3) is 0.250. The van der Waals surface area contributed by atoms with Crippen LogP contribution < -0.4 is 10.1 Å². The van der Waals surface area contributed by atoms with E-state index in [1.165, 1.54) is 11.8 Å². The predicted molar refractivity (Wildman–Crippen MR) is 107 cm³/mol. The van der Waals surface area contributed by atoms with Crippen LogP contribution in [0.1, 0.15) is 17.0 Å². The number of carbonyl (C=O) groups excluding carboxylic acids is 1. The fourth-order valence-corrected chi connectivity index (χ4v) is 3.14. The molecule has 0 saturated heterocycles. The van der Waals surface area contributed by atoms with Crippen molar-refractivity contribution in [2.75, 3.05) is 11.1 Å². The highest BCUT2D eigenvalue weighted by Crippen LogP contribution is 2.18. The van der Waals surface area contributed by atoms with E-state index in [1.54, 1.807) is 0 Å². The van der Waals surface area contributed by atoms with Crippen LogP contribution in [-0.2, 0) is 18.4 Å². The minimum absolute atomic E-state index is 0.0792. The van der Waals surface area contributed by atoms with E-state index in [2.05, 4.69) is 15.5 Å². The number of amides is 1. The van der Waals surface area contributed by atoms with Gasteiger partial charge in [0.15, 0.2) is 11.0 Å². The summed E-state index contributed by atoms with van der Waals surface area (Å²) in [5.74, 6) is 1.69. The number of aryl methyl sites for hydroxylation is 2. The number of nitrogens with zero attached hydrogens (tertiary/aromatic N) is 3. The van der Waals surface area contributed by atoms with Gasteiger partial charge in [0.2, 0.25) is 5.91 Å². The van der Waals surface area contributed by atoms with Crippen LogP contribution in [0, 0.1) is 13.8 Å². The Kier molecular flexibility index (Phi) is 6.13. The van der Waals surface area contributed by atoms with Gasteiger partial charge < -0.3 is 14.6 Å². The SMILES string of the molecule is Cc1ccc(NC(=O)CSc2nnc(COc3cccc(C)c3)n2C)cc1. The number of anilines is 1. The van der Waals surface area contributed by atoms with Crippen molar-refractivity contribution in [1.29, 1.82) is 0 Å². The average molecular weight is 382 g/mol. The normalized spacial score (nSPS) is 10.6. The van der Waals surface area contributed by atoms with Crippen molar-refractivity contribution in [3.63, 3.8) is 0 Å². The van der Waals surface area contributed by atoms with Gasteiger partial charge in [-0.15, -0.1) is 10.2 Å². The van der Waals surface area contributed by atoms with Gasteiger partial charge in [-0.05, 0) is 43.7 Å². The van der Waals surface area contributed by atoms with Crippen LogP contribution in [0.2, 0.25) is 0 Å². The number of rotatable bonds is 7. The molecule has 0 radical (unpaired) electrons. The van der Waals surface area contributed by atoms with Gasteiger partial charge in [0, 0.05) is 12.7 Å². The van der Waals surface area contributed by atoms with Gasteiger partial charge >= 0.3 is 0 Å². The Morgan fingerprint density at radius 1 is 1.11 bits per heavy atom. The fourth-order valence-electron chi connectivity index (χ4n) is 2.41. The number of benzene rings is 2. The summed E-state index contributed by atoms with van der Waals surface area (Å²) in [6.07, 6.45) is 0. The minimum Gasteiger partial charge on any atom is -0.486 e. The maximum absolute atomic E-state index is 12.1. The second-order valence-corrected chi connectivity index (χ2v) is 7.21. The van der Waals surface area contributed by atoms with E-state index in [4.69, 9.17) is 4.74 Å². The van der Waals surface area contributed by atoms with Crippen molar-refractivity contribution in [2.45, 2.75) is 25.6 Å². The van der Waals surface area contributed by atoms with Gasteiger partial charge in [-0.3, -0.25) is 4.79 Å². The number of nitrogens with one attached hydrogen (secondary N) is 1. The zero-order chi connectivity index (χ0) is 19.2. The number of carbonyl (C=O) groups is 1. The van der Waals surface area contributed by atoms with Gasteiger partial charge in [0.1, 0.15) is 12.4 Å². The molecular weight excluding hydrogens is 360 g/mol. The van der Waals surface area contributed by atoms with Crippen LogP contribution in [0.4, 0.5) is 5.69 Å². The van der Waals surface area contributed by atoms with Crippen LogP contribution in [0.5, 0.6) is 5.75 Å². The largest absolute Gasteiger partial charge is 0.486 e. The average Bonchev–Trinajstić information content (AvgIpc) is 3.00. The van der Waals surface area contributed by atoms with Crippen molar-refractivity contribution >= 4 is 23.4 Å². The Hall–Kier alpha value is -2.80. The number of hydrogen-bond acceptors (Lipinski definition) is 5. The Labute approximate surface area is 163 Å². The molecule has 1 heterocycles. The minimum atomic E-state index is -0.0792. The van der Waals surface area contributed by atoms with Crippen LogP contribution in [-0.4, -0.2) is 26.4 Å². The highest BCUT2D eigenvalue weighted by Gasteiger charge is 2.12. The van der Waals surface area contributed by atoms with E-state index >= 15 is 0 Å². The van der Waals surface area contributed by atoms with Crippen molar-refractivity contribution < 1.29 is 9.53 Å². The maximum atomic E-state index is 12.1. The molecule has 0 unspecified atom stereocenters. The van der Waals surface area contributed by atoms with Crippen LogP contribution in [0.3, 0.4) is 0 Å². The van der Waals surface area contributed by atoms with E-state index in [-0.39, 0.29) is 11.7 Å². The van der Waals surface area contributed by atoms with Crippen LogP contribution in [0.15, 0.2) is 53.7 Å².